The molecule has 0 aromatic rings. The van der Waals surface area contributed by atoms with Crippen LogP contribution in [-0.4, -0.2) is 30.9 Å². The predicted molar refractivity (Wildman–Crippen MR) is 57.4 cm³/mol. The monoisotopic (exact) mass is 360 g/mol. The maximum absolute atomic E-state index is 12.0. The zero-order valence-electron chi connectivity index (χ0n) is 11.0. The molecule has 0 unspecified atom stereocenters. The van der Waals surface area contributed by atoms with E-state index in [4.69, 9.17) is 0 Å². The summed E-state index contributed by atoms with van der Waals surface area (Å²) in [5.41, 5.74) is 0. The molecule has 13 heteroatoms. The molecule has 0 N–H and O–H groups in total. The Labute approximate surface area is 120 Å². The molecule has 22 heavy (non-hydrogen) atoms. The largest absolute Gasteiger partial charge is 0.592 e. The predicted octanol–water partition coefficient (Wildman–Crippen LogP) is 3.51. The van der Waals surface area contributed by atoms with Gasteiger partial charge in [-0.25, -0.2) is 14.2 Å². The summed E-state index contributed by atoms with van der Waals surface area (Å²) in [6.07, 6.45) is -10.2. The second kappa shape index (κ2) is 7.82. The second-order valence-corrected chi connectivity index (χ2v) is 5.26. The van der Waals surface area contributed by atoms with Crippen LogP contribution in [-0.2, 0) is 27.7 Å². The van der Waals surface area contributed by atoms with Crippen molar-refractivity contribution in [2.75, 3.05) is 6.61 Å². The smallest absolute Gasteiger partial charge is 0.354 e. The van der Waals surface area contributed by atoms with Crippen LogP contribution >= 0.6 is 7.82 Å². The van der Waals surface area contributed by atoms with Gasteiger partial charge in [-0.3, -0.25) is 4.52 Å². The number of unbranched alkanes of at least 4 members (excludes halogenated alkanes) is 2. The molecule has 6 nitrogen and oxygen atoms in total. The van der Waals surface area contributed by atoms with Crippen LogP contribution in [0, 0.1) is 0 Å². The first kappa shape index (κ1) is 20.7. The van der Waals surface area contributed by atoms with Crippen molar-refractivity contribution in [3.63, 3.8) is 0 Å². The first-order valence-electron chi connectivity index (χ1n) is 5.68. The minimum absolute atomic E-state index is 0.0770. The Bertz CT molecular complexity index is 413. The number of phosphoric ester groups is 1. The van der Waals surface area contributed by atoms with Crippen LogP contribution in [0.25, 0.3) is 0 Å². The third kappa shape index (κ3) is 7.64. The van der Waals surface area contributed by atoms with Gasteiger partial charge in [-0.05, 0) is 6.42 Å². The maximum Gasteiger partial charge on any atom is 0.592 e. The molecule has 0 aliphatic heterocycles. The van der Waals surface area contributed by atoms with E-state index >= 15 is 0 Å². The fraction of sp³-hybridized carbons (Fsp3) is 0.778. The molecule has 0 aliphatic rings. The Kier molecular flexibility index (Phi) is 7.36. The molecule has 0 radical (unpaired) electrons. The number of hydrogen-bond donors (Lipinski definition) is 0. The molecule has 130 valence electrons. The Hall–Kier alpha value is -1.29. The van der Waals surface area contributed by atoms with Crippen LogP contribution in [0.1, 0.15) is 26.2 Å². The number of halogens is 6. The van der Waals surface area contributed by atoms with Crippen molar-refractivity contribution < 1.29 is 54.1 Å². The lowest BCUT2D eigenvalue weighted by Gasteiger charge is -2.18. The van der Waals surface area contributed by atoms with Gasteiger partial charge in [-0.2, -0.15) is 26.3 Å². The highest BCUT2D eigenvalue weighted by atomic mass is 31.2. The summed E-state index contributed by atoms with van der Waals surface area (Å²) in [4.78, 5) is 21.1. The summed E-state index contributed by atoms with van der Waals surface area (Å²) in [6, 6.07) is 0. The van der Waals surface area contributed by atoms with Crippen LogP contribution < -0.4 is 0 Å². The van der Waals surface area contributed by atoms with E-state index in [1.807, 2.05) is 0 Å². The topological polar surface area (TPSA) is 78.9 Å². The average molecular weight is 360 g/mol. The lowest BCUT2D eigenvalue weighted by molar-refractivity contribution is -0.197. The lowest BCUT2D eigenvalue weighted by atomic mass is 10.3. The summed E-state index contributed by atoms with van der Waals surface area (Å²) < 4.78 is 94.1. The van der Waals surface area contributed by atoms with E-state index in [1.54, 1.807) is 6.92 Å². The van der Waals surface area contributed by atoms with Crippen molar-refractivity contribution in [1.82, 2.24) is 0 Å². The van der Waals surface area contributed by atoms with Crippen LogP contribution in [0.3, 0.4) is 0 Å². The SMILES string of the molecule is CCCCCOP(=O)(OC(=O)C(F)(F)F)OC(=O)C(F)(F)F. The molecular formula is C9H11F6O6P. The molecule has 0 spiro atoms. The van der Waals surface area contributed by atoms with Gasteiger partial charge in [0.05, 0.1) is 6.61 Å². The number of carbonyl (C=O) groups excluding carboxylic acids is 2. The highest BCUT2D eigenvalue weighted by molar-refractivity contribution is 7.49. The van der Waals surface area contributed by atoms with E-state index in [0.717, 1.165) is 0 Å². The zero-order chi connectivity index (χ0) is 17.6. The molecule has 0 amide bonds. The molecule has 0 aromatic heterocycles. The second-order valence-electron chi connectivity index (χ2n) is 3.74. The molecule has 0 bridgehead atoms. The van der Waals surface area contributed by atoms with Crippen molar-refractivity contribution in [2.45, 2.75) is 38.5 Å². The number of phosphoric acid groups is 1. The molecule has 0 aromatic carbocycles. The summed E-state index contributed by atoms with van der Waals surface area (Å²) in [5, 5.41) is 0. The third-order valence-electron chi connectivity index (χ3n) is 1.85. The first-order chi connectivity index (χ1) is 9.82. The zero-order valence-corrected chi connectivity index (χ0v) is 11.9. The van der Waals surface area contributed by atoms with Gasteiger partial charge in [-0.15, -0.1) is 0 Å². The molecule has 0 rings (SSSR count). The lowest BCUT2D eigenvalue weighted by Crippen LogP contribution is -2.28. The van der Waals surface area contributed by atoms with Crippen LogP contribution in [0.15, 0.2) is 0 Å². The minimum atomic E-state index is -5.70. The van der Waals surface area contributed by atoms with Gasteiger partial charge in [0.25, 0.3) is 0 Å². The summed E-state index contributed by atoms with van der Waals surface area (Å²) in [5.74, 6) is -6.22. The van der Waals surface area contributed by atoms with Crippen LogP contribution in [0.4, 0.5) is 26.3 Å². The van der Waals surface area contributed by atoms with Crippen molar-refractivity contribution in [3.8, 4) is 0 Å². The van der Waals surface area contributed by atoms with Crippen molar-refractivity contribution in [3.05, 3.63) is 0 Å². The first-order valence-corrected chi connectivity index (χ1v) is 7.14. The van der Waals surface area contributed by atoms with Gasteiger partial charge in [0.2, 0.25) is 0 Å². The summed E-state index contributed by atoms with van der Waals surface area (Å²) >= 11 is 0. The van der Waals surface area contributed by atoms with E-state index in [1.165, 1.54) is 0 Å². The fourth-order valence-electron chi connectivity index (χ4n) is 0.906. The number of alkyl halides is 6. The van der Waals surface area contributed by atoms with Crippen LogP contribution in [0.2, 0.25) is 0 Å². The van der Waals surface area contributed by atoms with Gasteiger partial charge in [0, 0.05) is 0 Å². The Balaban J connectivity index is 5.01. The Morgan fingerprint density at radius 3 is 1.64 bits per heavy atom. The van der Waals surface area contributed by atoms with Crippen molar-refractivity contribution >= 4 is 19.8 Å². The Morgan fingerprint density at radius 2 is 1.32 bits per heavy atom. The van der Waals surface area contributed by atoms with Gasteiger partial charge in [0.1, 0.15) is 0 Å². The molecule has 0 atom stereocenters. The van der Waals surface area contributed by atoms with Gasteiger partial charge in [0.15, 0.2) is 0 Å². The minimum Gasteiger partial charge on any atom is -0.354 e. The molecule has 0 fully saturated rings. The average Bonchev–Trinajstić information content (AvgIpc) is 2.32. The summed E-state index contributed by atoms with van der Waals surface area (Å²) in [6.45, 7) is 1.08. The van der Waals surface area contributed by atoms with Crippen molar-refractivity contribution in [1.29, 1.82) is 0 Å². The van der Waals surface area contributed by atoms with Gasteiger partial charge < -0.3 is 9.05 Å². The third-order valence-corrected chi connectivity index (χ3v) is 3.13. The highest BCUT2D eigenvalue weighted by Gasteiger charge is 2.51. The Morgan fingerprint density at radius 1 is 0.909 bits per heavy atom. The van der Waals surface area contributed by atoms with E-state index < -0.39 is 38.7 Å². The maximum atomic E-state index is 12.0. The van der Waals surface area contributed by atoms with Crippen LogP contribution in [0.5, 0.6) is 0 Å². The molecule has 0 heterocycles. The van der Waals surface area contributed by atoms with Gasteiger partial charge in [-0.1, -0.05) is 19.8 Å². The van der Waals surface area contributed by atoms with E-state index in [0.29, 0.717) is 12.8 Å². The van der Waals surface area contributed by atoms with E-state index in [2.05, 4.69) is 13.6 Å². The fourth-order valence-corrected chi connectivity index (χ4v) is 2.01. The number of rotatable bonds is 7. The van der Waals surface area contributed by atoms with E-state index in [9.17, 15) is 40.5 Å². The summed E-state index contributed by atoms with van der Waals surface area (Å²) in [7, 11) is -5.70. The van der Waals surface area contributed by atoms with E-state index in [-0.39, 0.29) is 6.42 Å². The molecule has 0 saturated carbocycles. The number of hydrogen-bond acceptors (Lipinski definition) is 6. The quantitative estimate of drug-likeness (QED) is 0.393. The number of carbonyl (C=O) groups is 2. The normalized spacial score (nSPS) is 12.9. The molecule has 0 saturated heterocycles. The molecule has 0 aliphatic carbocycles. The highest BCUT2D eigenvalue weighted by Crippen LogP contribution is 2.52. The molecular weight excluding hydrogens is 349 g/mol. The van der Waals surface area contributed by atoms with Crippen molar-refractivity contribution in [2.24, 2.45) is 0 Å². The standard InChI is InChI=1S/C9H11F6O6P/c1-2-3-4-5-19-22(18,20-6(16)8(10,11)12)21-7(17)9(13,14)15/h2-5H2,1H3. The van der Waals surface area contributed by atoms with Gasteiger partial charge >= 0.3 is 32.1 Å².